The van der Waals surface area contributed by atoms with Crippen LogP contribution in [-0.2, 0) is 4.79 Å². The second kappa shape index (κ2) is 6.07. The molecule has 0 spiro atoms. The van der Waals surface area contributed by atoms with Crippen LogP contribution in [0.15, 0.2) is 35.2 Å². The zero-order valence-corrected chi connectivity index (χ0v) is 9.66. The predicted molar refractivity (Wildman–Crippen MR) is 64.9 cm³/mol. The van der Waals surface area contributed by atoms with Crippen LogP contribution in [0.4, 0.5) is 5.69 Å². The van der Waals surface area contributed by atoms with Crippen molar-refractivity contribution in [2.24, 2.45) is 0 Å². The zero-order chi connectivity index (χ0) is 12.0. The van der Waals surface area contributed by atoms with Crippen molar-refractivity contribution >= 4 is 23.4 Å². The Labute approximate surface area is 98.1 Å². The lowest BCUT2D eigenvalue weighted by molar-refractivity contribution is -0.131. The lowest BCUT2D eigenvalue weighted by Crippen LogP contribution is -1.91. The van der Waals surface area contributed by atoms with E-state index in [1.165, 1.54) is 11.8 Å². The normalized spacial score (nSPS) is 10.6. The van der Waals surface area contributed by atoms with Gasteiger partial charge in [0.25, 0.3) is 0 Å². The fraction of sp³-hybridized carbons (Fsp3) is 0.182. The summed E-state index contributed by atoms with van der Waals surface area (Å²) in [5.74, 6) is 0.339. The number of hydrogen-bond donors (Lipinski definition) is 2. The first-order chi connectivity index (χ1) is 7.63. The molecule has 0 aromatic heterocycles. The third-order valence-electron chi connectivity index (χ3n) is 1.78. The van der Waals surface area contributed by atoms with Gasteiger partial charge in [-0.05, 0) is 12.1 Å². The van der Waals surface area contributed by atoms with E-state index >= 15 is 0 Å². The van der Waals surface area contributed by atoms with Gasteiger partial charge in [0.05, 0.1) is 7.11 Å². The molecular formula is C11H13NO3S. The number of benzene rings is 1. The molecule has 0 bridgehead atoms. The van der Waals surface area contributed by atoms with Gasteiger partial charge in [0.2, 0.25) is 0 Å². The molecule has 86 valence electrons. The van der Waals surface area contributed by atoms with Crippen molar-refractivity contribution in [1.29, 1.82) is 0 Å². The number of thioether (sulfide) groups is 1. The largest absolute Gasteiger partial charge is 0.496 e. The maximum atomic E-state index is 10.2. The minimum atomic E-state index is -0.940. The molecule has 0 atom stereocenters. The molecule has 0 unspecified atom stereocenters. The third kappa shape index (κ3) is 3.86. The first kappa shape index (κ1) is 12.4. The second-order valence-corrected chi connectivity index (χ2v) is 4.02. The molecule has 0 fully saturated rings. The first-order valence-corrected chi connectivity index (χ1v) is 5.58. The predicted octanol–water partition coefficient (Wildman–Crippen LogP) is 2.01. The number of aliphatic carboxylic acids is 1. The van der Waals surface area contributed by atoms with Crippen molar-refractivity contribution in [3.8, 4) is 5.75 Å². The monoisotopic (exact) mass is 239 g/mol. The lowest BCUT2D eigenvalue weighted by atomic mass is 10.3. The fourth-order valence-electron chi connectivity index (χ4n) is 1.09. The summed E-state index contributed by atoms with van der Waals surface area (Å²) in [6, 6.07) is 5.38. The minimum absolute atomic E-state index is 0.576. The number of rotatable bonds is 5. The van der Waals surface area contributed by atoms with E-state index in [0.717, 1.165) is 11.0 Å². The molecule has 5 heteroatoms. The van der Waals surface area contributed by atoms with Crippen LogP contribution in [0.25, 0.3) is 0 Å². The van der Waals surface area contributed by atoms with Gasteiger partial charge in [-0.1, -0.05) is 6.08 Å². The highest BCUT2D eigenvalue weighted by Crippen LogP contribution is 2.30. The molecule has 0 saturated carbocycles. The van der Waals surface area contributed by atoms with Gasteiger partial charge in [-0.2, -0.15) is 0 Å². The summed E-state index contributed by atoms with van der Waals surface area (Å²) in [5.41, 5.74) is 6.26. The highest BCUT2D eigenvalue weighted by molar-refractivity contribution is 7.99. The number of anilines is 1. The van der Waals surface area contributed by atoms with Crippen molar-refractivity contribution in [3.63, 3.8) is 0 Å². The van der Waals surface area contributed by atoms with Crippen molar-refractivity contribution in [2.45, 2.75) is 4.90 Å². The smallest absolute Gasteiger partial charge is 0.328 e. The average Bonchev–Trinajstić information content (AvgIpc) is 2.25. The number of nitrogen functional groups attached to an aromatic ring is 1. The Hall–Kier alpha value is -1.62. The van der Waals surface area contributed by atoms with E-state index in [0.29, 0.717) is 17.2 Å². The van der Waals surface area contributed by atoms with Gasteiger partial charge in [-0.15, -0.1) is 11.8 Å². The molecule has 0 saturated heterocycles. The fourth-order valence-corrected chi connectivity index (χ4v) is 1.91. The quantitative estimate of drug-likeness (QED) is 0.467. The van der Waals surface area contributed by atoms with Gasteiger partial charge in [0.1, 0.15) is 5.75 Å². The van der Waals surface area contributed by atoms with Crippen LogP contribution in [0.1, 0.15) is 0 Å². The van der Waals surface area contributed by atoms with E-state index in [9.17, 15) is 4.79 Å². The second-order valence-electron chi connectivity index (χ2n) is 2.96. The molecule has 0 aliphatic rings. The maximum absolute atomic E-state index is 10.2. The first-order valence-electron chi connectivity index (χ1n) is 4.59. The molecule has 1 aromatic rings. The van der Waals surface area contributed by atoms with Crippen LogP contribution < -0.4 is 10.5 Å². The summed E-state index contributed by atoms with van der Waals surface area (Å²) in [7, 11) is 1.58. The molecule has 0 aliphatic heterocycles. The Balaban J connectivity index is 2.63. The number of carboxylic acids is 1. The van der Waals surface area contributed by atoms with Crippen molar-refractivity contribution in [2.75, 3.05) is 18.6 Å². The summed E-state index contributed by atoms with van der Waals surface area (Å²) < 4.78 is 5.16. The van der Waals surface area contributed by atoms with Crippen LogP contribution in [-0.4, -0.2) is 23.9 Å². The molecule has 0 aliphatic carbocycles. The highest BCUT2D eigenvalue weighted by atomic mass is 32.2. The zero-order valence-electron chi connectivity index (χ0n) is 8.84. The van der Waals surface area contributed by atoms with Gasteiger partial charge in [0, 0.05) is 28.5 Å². The molecule has 16 heavy (non-hydrogen) atoms. The molecule has 3 N–H and O–H groups in total. The van der Waals surface area contributed by atoms with E-state index in [2.05, 4.69) is 0 Å². The number of carboxylic acid groups (broad SMARTS) is 1. The van der Waals surface area contributed by atoms with Gasteiger partial charge in [-0.3, -0.25) is 0 Å². The van der Waals surface area contributed by atoms with Crippen LogP contribution in [0, 0.1) is 0 Å². The van der Waals surface area contributed by atoms with Crippen LogP contribution in [0.2, 0.25) is 0 Å². The average molecular weight is 239 g/mol. The highest BCUT2D eigenvalue weighted by Gasteiger charge is 2.02. The Bertz CT molecular complexity index is 404. The molecule has 1 aromatic carbocycles. The number of methoxy groups -OCH3 is 1. The van der Waals surface area contributed by atoms with Gasteiger partial charge in [0.15, 0.2) is 0 Å². The van der Waals surface area contributed by atoms with Crippen LogP contribution >= 0.6 is 11.8 Å². The van der Waals surface area contributed by atoms with Crippen LogP contribution in [0.3, 0.4) is 0 Å². The summed E-state index contributed by atoms with van der Waals surface area (Å²) >= 11 is 1.49. The molecule has 0 amide bonds. The Morgan fingerprint density at radius 1 is 1.62 bits per heavy atom. The Kier molecular flexibility index (Phi) is 4.72. The SMILES string of the molecule is COc1cc(N)ccc1SCC=CC(=O)O. The minimum Gasteiger partial charge on any atom is -0.496 e. The van der Waals surface area contributed by atoms with E-state index in [1.807, 2.05) is 6.07 Å². The number of ether oxygens (including phenoxy) is 1. The summed E-state index contributed by atoms with van der Waals surface area (Å²) in [5, 5.41) is 8.41. The van der Waals surface area contributed by atoms with Gasteiger partial charge >= 0.3 is 5.97 Å². The van der Waals surface area contributed by atoms with Gasteiger partial charge < -0.3 is 15.6 Å². The van der Waals surface area contributed by atoms with Crippen molar-refractivity contribution in [3.05, 3.63) is 30.4 Å². The molecule has 0 heterocycles. The third-order valence-corrected chi connectivity index (χ3v) is 2.79. The summed E-state index contributed by atoms with van der Waals surface area (Å²) in [4.78, 5) is 11.2. The summed E-state index contributed by atoms with van der Waals surface area (Å²) in [6.07, 6.45) is 2.71. The lowest BCUT2D eigenvalue weighted by Gasteiger charge is -2.07. The van der Waals surface area contributed by atoms with E-state index in [4.69, 9.17) is 15.6 Å². The Morgan fingerprint density at radius 3 is 3.00 bits per heavy atom. The molecular weight excluding hydrogens is 226 g/mol. The number of hydrogen-bond acceptors (Lipinski definition) is 4. The van der Waals surface area contributed by atoms with Crippen LogP contribution in [0.5, 0.6) is 5.75 Å². The van der Waals surface area contributed by atoms with Crippen molar-refractivity contribution in [1.82, 2.24) is 0 Å². The van der Waals surface area contributed by atoms with Gasteiger partial charge in [-0.25, -0.2) is 4.79 Å². The van der Waals surface area contributed by atoms with E-state index < -0.39 is 5.97 Å². The topological polar surface area (TPSA) is 72.5 Å². The number of carbonyl (C=O) groups is 1. The Morgan fingerprint density at radius 2 is 2.38 bits per heavy atom. The molecule has 0 radical (unpaired) electrons. The van der Waals surface area contributed by atoms with Crippen molar-refractivity contribution < 1.29 is 14.6 Å². The molecule has 1 rings (SSSR count). The number of nitrogens with two attached hydrogens (primary N) is 1. The summed E-state index contributed by atoms with van der Waals surface area (Å²) in [6.45, 7) is 0. The maximum Gasteiger partial charge on any atom is 0.328 e. The standard InChI is InChI=1S/C11H13NO3S/c1-15-9-7-8(12)4-5-10(9)16-6-2-3-11(13)14/h2-5,7H,6,12H2,1H3,(H,13,14). The van der Waals surface area contributed by atoms with E-state index in [1.54, 1.807) is 25.3 Å². The molecule has 4 nitrogen and oxygen atoms in total. The van der Waals surface area contributed by atoms with E-state index in [-0.39, 0.29) is 0 Å².